The summed E-state index contributed by atoms with van der Waals surface area (Å²) in [6.07, 6.45) is 0.586. The van der Waals surface area contributed by atoms with Gasteiger partial charge in [0.05, 0.1) is 33.8 Å². The van der Waals surface area contributed by atoms with E-state index in [0.717, 1.165) is 6.07 Å². The van der Waals surface area contributed by atoms with Crippen LogP contribution in [0.4, 0.5) is 22.1 Å². The Balaban J connectivity index is 1.35. The van der Waals surface area contributed by atoms with Crippen molar-refractivity contribution < 1.29 is 38.3 Å². The largest absolute Gasteiger partial charge is 0.491 e. The highest BCUT2D eigenvalue weighted by atomic mass is 35.5. The Morgan fingerprint density at radius 1 is 1.09 bits per heavy atom. The number of alkyl carbamates (subject to hydrolysis) is 1. The Kier molecular flexibility index (Phi) is 12.0. The summed E-state index contributed by atoms with van der Waals surface area (Å²) >= 11 is 6.46. The lowest BCUT2D eigenvalue weighted by Gasteiger charge is -2.27. The SMILES string of the molecule is CCn1nc(C)c(Cl)c1C(=O)Nc1nc2cc(C(N)=O)cc3c2n1[C@@H](CCCNc1c(OCCCNC(=O)OC(C)(C)C)cc(C(N)=O)cc1[N+](=O)[O-])CO3. The number of anilines is 2. The number of halogens is 1. The summed E-state index contributed by atoms with van der Waals surface area (Å²) in [5.41, 5.74) is 11.6. The summed E-state index contributed by atoms with van der Waals surface area (Å²) < 4.78 is 20.5. The van der Waals surface area contributed by atoms with Crippen LogP contribution < -0.4 is 36.9 Å². The van der Waals surface area contributed by atoms with Gasteiger partial charge in [-0.25, -0.2) is 9.78 Å². The van der Waals surface area contributed by atoms with Crippen molar-refractivity contribution in [2.75, 3.05) is 36.9 Å². The van der Waals surface area contributed by atoms with E-state index < -0.39 is 40.0 Å². The van der Waals surface area contributed by atoms with Gasteiger partial charge in [-0.05, 0) is 72.1 Å². The minimum atomic E-state index is -0.877. The van der Waals surface area contributed by atoms with Gasteiger partial charge in [-0.1, -0.05) is 11.6 Å². The third-order valence-electron chi connectivity index (χ3n) is 8.45. The summed E-state index contributed by atoms with van der Waals surface area (Å²) in [5, 5.41) is 25.2. The first-order valence-electron chi connectivity index (χ1n) is 17.5. The highest BCUT2D eigenvalue weighted by Crippen LogP contribution is 2.40. The fraction of sp³-hybridized carbons (Fsp3) is 0.429. The van der Waals surface area contributed by atoms with Crippen LogP contribution in [0.25, 0.3) is 11.0 Å². The number of nitrogens with two attached hydrogens (primary N) is 2. The van der Waals surface area contributed by atoms with Crippen LogP contribution in [0.5, 0.6) is 11.5 Å². The van der Waals surface area contributed by atoms with Gasteiger partial charge >= 0.3 is 6.09 Å². The number of nitrogens with one attached hydrogen (secondary N) is 3. The van der Waals surface area contributed by atoms with Crippen molar-refractivity contribution in [1.29, 1.82) is 0 Å². The minimum Gasteiger partial charge on any atom is -0.491 e. The van der Waals surface area contributed by atoms with Crippen LogP contribution in [-0.2, 0) is 11.3 Å². The number of nitro groups is 1. The van der Waals surface area contributed by atoms with Crippen molar-refractivity contribution in [2.24, 2.45) is 11.5 Å². The molecular formula is C35H43ClN10O9. The van der Waals surface area contributed by atoms with Gasteiger partial charge < -0.3 is 40.9 Å². The van der Waals surface area contributed by atoms with Crippen LogP contribution in [0.2, 0.25) is 5.02 Å². The number of aryl methyl sites for hydroxylation is 2. The van der Waals surface area contributed by atoms with E-state index in [-0.39, 0.29) is 71.6 Å². The second-order valence-electron chi connectivity index (χ2n) is 13.7. The van der Waals surface area contributed by atoms with Gasteiger partial charge in [0.2, 0.25) is 17.8 Å². The van der Waals surface area contributed by atoms with Crippen LogP contribution in [0.3, 0.4) is 0 Å². The van der Waals surface area contributed by atoms with Crippen LogP contribution in [0.1, 0.15) is 89.9 Å². The smallest absolute Gasteiger partial charge is 0.407 e. The first-order chi connectivity index (χ1) is 26.0. The van der Waals surface area contributed by atoms with E-state index in [1.807, 2.05) is 11.5 Å². The molecule has 0 aliphatic carbocycles. The fourth-order valence-electron chi connectivity index (χ4n) is 6.02. The number of carbonyl (C=O) groups excluding carboxylic acids is 4. The summed E-state index contributed by atoms with van der Waals surface area (Å²) in [6.45, 7) is 9.71. The highest BCUT2D eigenvalue weighted by molar-refractivity contribution is 6.34. The molecule has 1 atom stereocenters. The number of nitrogens with zero attached hydrogens (tertiary/aromatic N) is 5. The average molecular weight is 783 g/mol. The molecule has 2 aromatic carbocycles. The van der Waals surface area contributed by atoms with Crippen molar-refractivity contribution in [3.05, 3.63) is 61.9 Å². The maximum absolute atomic E-state index is 13.6. The van der Waals surface area contributed by atoms with Crippen LogP contribution in [-0.4, -0.2) is 80.0 Å². The normalized spacial score (nSPS) is 13.5. The first-order valence-corrected chi connectivity index (χ1v) is 17.8. The average Bonchev–Trinajstić information content (AvgIpc) is 3.62. The molecule has 20 heteroatoms. The van der Waals surface area contributed by atoms with Crippen LogP contribution in [0, 0.1) is 17.0 Å². The molecule has 4 amide bonds. The third kappa shape index (κ3) is 9.17. The van der Waals surface area contributed by atoms with Gasteiger partial charge in [-0.3, -0.25) is 34.5 Å². The number of amides is 4. The lowest BCUT2D eigenvalue weighted by Crippen LogP contribution is -2.33. The second-order valence-corrected chi connectivity index (χ2v) is 14.1. The predicted molar refractivity (Wildman–Crippen MR) is 202 cm³/mol. The Labute approximate surface area is 320 Å². The number of primary amides is 2. The Morgan fingerprint density at radius 3 is 2.45 bits per heavy atom. The molecule has 1 aliphatic rings. The number of rotatable bonds is 16. The van der Waals surface area contributed by atoms with E-state index in [1.165, 1.54) is 22.9 Å². The number of benzene rings is 2. The summed E-state index contributed by atoms with van der Waals surface area (Å²) in [5.74, 6) is -1.53. The number of aromatic nitrogens is 4. The molecule has 7 N–H and O–H groups in total. The van der Waals surface area contributed by atoms with E-state index in [9.17, 15) is 29.3 Å². The molecule has 0 bridgehead atoms. The van der Waals surface area contributed by atoms with Crippen molar-refractivity contribution in [3.8, 4) is 11.5 Å². The Bertz CT molecular complexity index is 2160. The van der Waals surface area contributed by atoms with E-state index in [1.54, 1.807) is 27.7 Å². The summed E-state index contributed by atoms with van der Waals surface area (Å²) in [4.78, 5) is 65.8. The monoisotopic (exact) mass is 782 g/mol. The zero-order valence-electron chi connectivity index (χ0n) is 31.0. The molecule has 0 saturated heterocycles. The number of ether oxygens (including phenoxy) is 3. The molecule has 0 spiro atoms. The van der Waals surface area contributed by atoms with Crippen molar-refractivity contribution in [3.63, 3.8) is 0 Å². The molecule has 55 heavy (non-hydrogen) atoms. The molecule has 4 aromatic rings. The molecule has 0 saturated carbocycles. The molecule has 3 heterocycles. The topological polar surface area (TPSA) is 263 Å². The zero-order chi connectivity index (χ0) is 40.2. The maximum atomic E-state index is 13.6. The van der Waals surface area contributed by atoms with Crippen molar-refractivity contribution in [1.82, 2.24) is 24.6 Å². The Hall–Kier alpha value is -6.11. The lowest BCUT2D eigenvalue weighted by atomic mass is 10.1. The number of nitro benzene ring substituents is 1. The number of carbonyl (C=O) groups is 4. The third-order valence-corrected chi connectivity index (χ3v) is 8.90. The molecule has 294 valence electrons. The quantitative estimate of drug-likeness (QED) is 0.0589. The summed E-state index contributed by atoms with van der Waals surface area (Å²) in [6, 6.07) is 5.03. The standard InChI is InChI=1S/C35H43ClN10O9/c1-6-44-29(26(36)18(2)43-44)32(49)42-33-41-22-13-19(30(37)47)16-25-28(22)45(33)21(17-54-25)9-7-10-39-27-23(46(51)52)14-20(31(38)48)15-24(27)53-12-8-11-40-34(50)55-35(3,4)5/h13-16,21,39H,6-12,17H2,1-5H3,(H2,37,47)(H2,38,48)(H,40,50)(H,41,42,49)/t21-/m0/s1. The maximum Gasteiger partial charge on any atom is 0.407 e. The van der Waals surface area contributed by atoms with Gasteiger partial charge in [-0.15, -0.1) is 0 Å². The van der Waals surface area contributed by atoms with E-state index in [0.29, 0.717) is 48.3 Å². The van der Waals surface area contributed by atoms with Crippen molar-refractivity contribution in [2.45, 2.75) is 72.1 Å². The number of hydrogen-bond donors (Lipinski definition) is 5. The van der Waals surface area contributed by atoms with E-state index in [2.05, 4.69) is 26.0 Å². The lowest BCUT2D eigenvalue weighted by molar-refractivity contribution is -0.384. The molecule has 0 radical (unpaired) electrons. The van der Waals surface area contributed by atoms with Crippen LogP contribution >= 0.6 is 11.6 Å². The minimum absolute atomic E-state index is 0.0296. The van der Waals surface area contributed by atoms with E-state index in [4.69, 9.17) is 37.3 Å². The molecule has 19 nitrogen and oxygen atoms in total. The fourth-order valence-corrected chi connectivity index (χ4v) is 6.24. The van der Waals surface area contributed by atoms with Gasteiger partial charge in [0.15, 0.2) is 5.69 Å². The van der Waals surface area contributed by atoms with E-state index >= 15 is 0 Å². The van der Waals surface area contributed by atoms with Gasteiger partial charge in [-0.2, -0.15) is 5.10 Å². The van der Waals surface area contributed by atoms with Gasteiger partial charge in [0.1, 0.15) is 34.9 Å². The Morgan fingerprint density at radius 2 is 1.80 bits per heavy atom. The van der Waals surface area contributed by atoms with Crippen molar-refractivity contribution >= 4 is 63.8 Å². The zero-order valence-corrected chi connectivity index (χ0v) is 31.7. The van der Waals surface area contributed by atoms with Gasteiger partial charge in [0.25, 0.3) is 11.6 Å². The number of hydrogen-bond acceptors (Lipinski definition) is 12. The number of imidazole rings is 1. The molecule has 1 aliphatic heterocycles. The second kappa shape index (κ2) is 16.5. The molecule has 0 unspecified atom stereocenters. The highest BCUT2D eigenvalue weighted by Gasteiger charge is 2.31. The molecule has 2 aromatic heterocycles. The van der Waals surface area contributed by atoms with Crippen LogP contribution in [0.15, 0.2) is 24.3 Å². The predicted octanol–water partition coefficient (Wildman–Crippen LogP) is 4.69. The first kappa shape index (κ1) is 40.1. The molecule has 5 rings (SSSR count). The molecule has 0 fully saturated rings. The molecular weight excluding hydrogens is 740 g/mol. The summed E-state index contributed by atoms with van der Waals surface area (Å²) in [7, 11) is 0. The van der Waals surface area contributed by atoms with Gasteiger partial charge in [0, 0.05) is 36.8 Å².